The number of halogens is 3. The lowest BCUT2D eigenvalue weighted by molar-refractivity contribution is -0.173. The topological polar surface area (TPSA) is 59.0 Å². The van der Waals surface area contributed by atoms with Crippen LogP contribution in [-0.2, 0) is 0 Å². The fraction of sp³-hybridized carbons (Fsp3) is 0.304. The molecule has 162 valence electrons. The van der Waals surface area contributed by atoms with Crippen molar-refractivity contribution in [1.82, 2.24) is 9.78 Å². The summed E-state index contributed by atoms with van der Waals surface area (Å²) < 4.78 is 42.4. The fourth-order valence-corrected chi connectivity index (χ4v) is 3.77. The highest BCUT2D eigenvalue weighted by atomic mass is 19.4. The van der Waals surface area contributed by atoms with Crippen LogP contribution >= 0.6 is 0 Å². The Morgan fingerprint density at radius 3 is 2.52 bits per heavy atom. The summed E-state index contributed by atoms with van der Waals surface area (Å²) in [6.45, 7) is 5.71. The Kier molecular flexibility index (Phi) is 5.24. The molecule has 1 aliphatic heterocycles. The van der Waals surface area contributed by atoms with Crippen molar-refractivity contribution in [3.8, 4) is 0 Å². The van der Waals surface area contributed by atoms with Gasteiger partial charge in [-0.3, -0.25) is 4.79 Å². The van der Waals surface area contributed by atoms with Gasteiger partial charge in [-0.15, -0.1) is 0 Å². The minimum absolute atomic E-state index is 0.0674. The van der Waals surface area contributed by atoms with E-state index in [0.717, 1.165) is 26.9 Å². The summed E-state index contributed by atoms with van der Waals surface area (Å²) in [6.07, 6.45) is -4.70. The number of carbonyl (C=O) groups excluding carboxylic acids is 1. The predicted molar refractivity (Wildman–Crippen MR) is 113 cm³/mol. The van der Waals surface area contributed by atoms with Crippen LogP contribution in [0.25, 0.3) is 0 Å². The Morgan fingerprint density at radius 2 is 1.84 bits per heavy atom. The van der Waals surface area contributed by atoms with Crippen molar-refractivity contribution in [2.24, 2.45) is 0 Å². The number of carbonyl (C=O) groups is 1. The van der Waals surface area contributed by atoms with Gasteiger partial charge in [-0.25, -0.2) is 4.68 Å². The lowest BCUT2D eigenvalue weighted by Gasteiger charge is -2.33. The number of fused-ring (bicyclic) bond motifs is 1. The second-order valence-corrected chi connectivity index (χ2v) is 7.96. The van der Waals surface area contributed by atoms with E-state index in [-0.39, 0.29) is 17.9 Å². The summed E-state index contributed by atoms with van der Waals surface area (Å²) in [5.41, 5.74) is 4.22. The van der Waals surface area contributed by atoms with Crippen molar-refractivity contribution in [2.75, 3.05) is 10.6 Å². The Bertz CT molecular complexity index is 1120. The second-order valence-electron chi connectivity index (χ2n) is 7.96. The normalized spacial score (nSPS) is 18.3. The molecule has 0 saturated heterocycles. The van der Waals surface area contributed by atoms with E-state index in [0.29, 0.717) is 5.69 Å². The van der Waals surface area contributed by atoms with Crippen LogP contribution in [0.3, 0.4) is 0 Å². The van der Waals surface area contributed by atoms with Gasteiger partial charge in [0.15, 0.2) is 11.7 Å². The van der Waals surface area contributed by atoms with Gasteiger partial charge in [-0.05, 0) is 43.5 Å². The SMILES string of the molecule is Cc1ccc(C2CC(C(F)(F)F)n3nc(C(=O)Nc4cccc(C)c4C)cc3N2)cc1. The molecule has 0 fully saturated rings. The Morgan fingerprint density at radius 1 is 1.13 bits per heavy atom. The van der Waals surface area contributed by atoms with Gasteiger partial charge >= 0.3 is 6.18 Å². The lowest BCUT2D eigenvalue weighted by Crippen LogP contribution is -2.35. The highest BCUT2D eigenvalue weighted by molar-refractivity contribution is 6.03. The van der Waals surface area contributed by atoms with Crippen molar-refractivity contribution >= 4 is 17.4 Å². The Balaban J connectivity index is 1.65. The van der Waals surface area contributed by atoms with Crippen LogP contribution in [0.15, 0.2) is 48.5 Å². The molecule has 4 rings (SSSR count). The van der Waals surface area contributed by atoms with E-state index in [1.54, 1.807) is 6.07 Å². The number of aromatic nitrogens is 2. The first-order valence-corrected chi connectivity index (χ1v) is 10.0. The zero-order valence-corrected chi connectivity index (χ0v) is 17.4. The highest BCUT2D eigenvalue weighted by Gasteiger charge is 2.46. The average molecular weight is 428 g/mol. The summed E-state index contributed by atoms with van der Waals surface area (Å²) in [5, 5.41) is 9.88. The van der Waals surface area contributed by atoms with Gasteiger partial charge in [0, 0.05) is 18.2 Å². The largest absolute Gasteiger partial charge is 0.410 e. The van der Waals surface area contributed by atoms with E-state index in [9.17, 15) is 18.0 Å². The molecule has 31 heavy (non-hydrogen) atoms. The summed E-state index contributed by atoms with van der Waals surface area (Å²) in [7, 11) is 0. The van der Waals surface area contributed by atoms with Crippen LogP contribution in [0, 0.1) is 20.8 Å². The van der Waals surface area contributed by atoms with Gasteiger partial charge in [0.2, 0.25) is 0 Å². The van der Waals surface area contributed by atoms with Crippen LogP contribution in [0.1, 0.15) is 51.2 Å². The second kappa shape index (κ2) is 7.76. The van der Waals surface area contributed by atoms with Gasteiger partial charge in [-0.2, -0.15) is 18.3 Å². The predicted octanol–water partition coefficient (Wildman–Crippen LogP) is 5.72. The molecule has 1 aliphatic rings. The summed E-state index contributed by atoms with van der Waals surface area (Å²) in [5.74, 6) is -0.379. The molecule has 2 unspecified atom stereocenters. The zero-order chi connectivity index (χ0) is 22.3. The molecular formula is C23H23F3N4O. The molecule has 2 heterocycles. The van der Waals surface area contributed by atoms with E-state index in [2.05, 4.69) is 15.7 Å². The van der Waals surface area contributed by atoms with E-state index < -0.39 is 24.2 Å². The van der Waals surface area contributed by atoms with Crippen LogP contribution in [-0.4, -0.2) is 21.9 Å². The Hall–Kier alpha value is -3.29. The summed E-state index contributed by atoms with van der Waals surface area (Å²) in [4.78, 5) is 12.7. The van der Waals surface area contributed by atoms with Gasteiger partial charge in [0.25, 0.3) is 5.91 Å². The van der Waals surface area contributed by atoms with Crippen molar-refractivity contribution in [3.63, 3.8) is 0 Å². The number of benzene rings is 2. The molecular weight excluding hydrogens is 405 g/mol. The number of nitrogens with zero attached hydrogens (tertiary/aromatic N) is 2. The van der Waals surface area contributed by atoms with E-state index >= 15 is 0 Å². The van der Waals surface area contributed by atoms with Crippen molar-refractivity contribution in [2.45, 2.75) is 45.5 Å². The maximum absolute atomic E-state index is 13.8. The summed E-state index contributed by atoms with van der Waals surface area (Å²) >= 11 is 0. The maximum atomic E-state index is 13.8. The van der Waals surface area contributed by atoms with Crippen LogP contribution < -0.4 is 10.6 Å². The first-order valence-electron chi connectivity index (χ1n) is 10.0. The van der Waals surface area contributed by atoms with Gasteiger partial charge < -0.3 is 10.6 Å². The van der Waals surface area contributed by atoms with Crippen molar-refractivity contribution in [3.05, 3.63) is 76.5 Å². The number of hydrogen-bond donors (Lipinski definition) is 2. The zero-order valence-electron chi connectivity index (χ0n) is 17.4. The molecule has 2 atom stereocenters. The van der Waals surface area contributed by atoms with Gasteiger partial charge in [0.05, 0.1) is 6.04 Å². The molecule has 0 aliphatic carbocycles. The average Bonchev–Trinajstić information content (AvgIpc) is 3.14. The van der Waals surface area contributed by atoms with Crippen LogP contribution in [0.4, 0.5) is 24.7 Å². The monoisotopic (exact) mass is 428 g/mol. The van der Waals surface area contributed by atoms with E-state index in [4.69, 9.17) is 0 Å². The first kappa shape index (κ1) is 21.0. The number of nitrogens with one attached hydrogen (secondary N) is 2. The molecule has 2 N–H and O–H groups in total. The molecule has 1 amide bonds. The molecule has 1 aromatic heterocycles. The van der Waals surface area contributed by atoms with Crippen molar-refractivity contribution < 1.29 is 18.0 Å². The molecule has 3 aromatic rings. The number of aryl methyl sites for hydroxylation is 2. The maximum Gasteiger partial charge on any atom is 0.410 e. The van der Waals surface area contributed by atoms with E-state index in [1.165, 1.54) is 6.07 Å². The smallest absolute Gasteiger partial charge is 0.363 e. The Labute approximate surface area is 178 Å². The quantitative estimate of drug-likeness (QED) is 0.561. The lowest BCUT2D eigenvalue weighted by atomic mass is 9.96. The fourth-order valence-electron chi connectivity index (χ4n) is 3.77. The molecule has 0 saturated carbocycles. The molecule has 5 nitrogen and oxygen atoms in total. The van der Waals surface area contributed by atoms with Crippen LogP contribution in [0.5, 0.6) is 0 Å². The van der Waals surface area contributed by atoms with Gasteiger partial charge in [0.1, 0.15) is 5.82 Å². The standard InChI is InChI=1S/C23H23F3N4O/c1-13-7-9-16(10-8-13)18-11-20(23(24,25)26)30-21(27-18)12-19(29-30)22(31)28-17-6-4-5-14(2)15(17)3/h4-10,12,18,20,27H,11H2,1-3H3,(H,28,31). The minimum Gasteiger partial charge on any atom is -0.363 e. The van der Waals surface area contributed by atoms with Crippen molar-refractivity contribution in [1.29, 1.82) is 0 Å². The summed E-state index contributed by atoms with van der Waals surface area (Å²) in [6, 6.07) is 11.9. The van der Waals surface area contributed by atoms with Gasteiger partial charge in [-0.1, -0.05) is 42.0 Å². The van der Waals surface area contributed by atoms with E-state index in [1.807, 2.05) is 57.2 Å². The number of anilines is 2. The molecule has 8 heteroatoms. The number of hydrogen-bond acceptors (Lipinski definition) is 3. The first-order chi connectivity index (χ1) is 14.6. The van der Waals surface area contributed by atoms with Crippen LogP contribution in [0.2, 0.25) is 0 Å². The number of amides is 1. The number of alkyl halides is 3. The third-order valence-electron chi connectivity index (χ3n) is 5.76. The third-order valence-corrected chi connectivity index (χ3v) is 5.76. The molecule has 0 bridgehead atoms. The molecule has 2 aromatic carbocycles. The third kappa shape index (κ3) is 4.15. The number of rotatable bonds is 3. The molecule has 0 spiro atoms. The molecule has 0 radical (unpaired) electrons. The highest BCUT2D eigenvalue weighted by Crippen LogP contribution is 2.43. The minimum atomic E-state index is -4.49.